The molecule has 0 heterocycles. The van der Waals surface area contributed by atoms with E-state index in [0.29, 0.717) is 43.4 Å². The molecule has 0 aliphatic rings. The molecule has 6 atom stereocenters. The van der Waals surface area contributed by atoms with Gasteiger partial charge < -0.3 is 33.8 Å². The van der Waals surface area contributed by atoms with Crippen molar-refractivity contribution in [1.82, 2.24) is 0 Å². The normalized spacial score (nSPS) is 14.7. The number of carbonyl (C=O) groups excluding carboxylic acids is 4. The molecule has 0 aromatic heterocycles. The molecule has 19 heteroatoms. The van der Waals surface area contributed by atoms with Gasteiger partial charge in [0.15, 0.2) is 12.2 Å². The van der Waals surface area contributed by atoms with Gasteiger partial charge in [-0.2, -0.15) is 0 Å². The molecule has 3 unspecified atom stereocenters. The second-order valence-corrected chi connectivity index (χ2v) is 28.8. The summed E-state index contributed by atoms with van der Waals surface area (Å²) in [6.45, 7) is 13.9. The van der Waals surface area contributed by atoms with Gasteiger partial charge in [0, 0.05) is 25.7 Å². The second kappa shape index (κ2) is 57.0. The molecule has 0 aromatic carbocycles. The van der Waals surface area contributed by atoms with E-state index in [1.807, 2.05) is 0 Å². The number of hydrogen-bond acceptors (Lipinski definition) is 15. The number of esters is 4. The van der Waals surface area contributed by atoms with Crippen molar-refractivity contribution in [3.8, 4) is 0 Å². The highest BCUT2D eigenvalue weighted by molar-refractivity contribution is 7.47. The van der Waals surface area contributed by atoms with E-state index in [4.69, 9.17) is 37.0 Å². The van der Waals surface area contributed by atoms with Crippen LogP contribution < -0.4 is 0 Å². The molecule has 0 radical (unpaired) electrons. The van der Waals surface area contributed by atoms with E-state index >= 15 is 0 Å². The fourth-order valence-corrected chi connectivity index (χ4v) is 11.5. The van der Waals surface area contributed by atoms with Crippen molar-refractivity contribution in [3.63, 3.8) is 0 Å². The minimum Gasteiger partial charge on any atom is -0.462 e. The number of phosphoric ester groups is 2. The topological polar surface area (TPSA) is 237 Å². The van der Waals surface area contributed by atoms with Gasteiger partial charge in [0.2, 0.25) is 0 Å². The molecule has 0 fully saturated rings. The van der Waals surface area contributed by atoms with Crippen LogP contribution in [-0.4, -0.2) is 96.7 Å². The van der Waals surface area contributed by atoms with Crippen molar-refractivity contribution >= 4 is 39.5 Å². The van der Waals surface area contributed by atoms with Gasteiger partial charge in [0.1, 0.15) is 19.3 Å². The first-order valence-corrected chi connectivity index (χ1v) is 37.7. The van der Waals surface area contributed by atoms with Gasteiger partial charge in [-0.3, -0.25) is 37.3 Å². The first-order valence-electron chi connectivity index (χ1n) is 34.7. The van der Waals surface area contributed by atoms with Gasteiger partial charge in [-0.05, 0) is 49.4 Å². The summed E-state index contributed by atoms with van der Waals surface area (Å²) < 4.78 is 68.0. The number of carbonyl (C=O) groups is 4. The van der Waals surface area contributed by atoms with Gasteiger partial charge in [-0.25, -0.2) is 9.13 Å². The van der Waals surface area contributed by atoms with Crippen LogP contribution in [0.2, 0.25) is 0 Å². The molecule has 17 nitrogen and oxygen atoms in total. The molecule has 0 saturated heterocycles. The van der Waals surface area contributed by atoms with E-state index in [0.717, 1.165) is 109 Å². The summed E-state index contributed by atoms with van der Waals surface area (Å²) >= 11 is 0. The van der Waals surface area contributed by atoms with Crippen LogP contribution in [0.4, 0.5) is 0 Å². The van der Waals surface area contributed by atoms with E-state index in [-0.39, 0.29) is 25.7 Å². The molecule has 0 amide bonds. The minimum absolute atomic E-state index is 0.100. The molecule has 0 spiro atoms. The first kappa shape index (κ1) is 84.1. The van der Waals surface area contributed by atoms with E-state index in [9.17, 15) is 43.2 Å². The lowest BCUT2D eigenvalue weighted by Crippen LogP contribution is -2.30. The van der Waals surface area contributed by atoms with Crippen molar-refractivity contribution in [2.24, 2.45) is 23.7 Å². The van der Waals surface area contributed by atoms with Crippen molar-refractivity contribution in [3.05, 3.63) is 0 Å². The van der Waals surface area contributed by atoms with Crippen LogP contribution >= 0.6 is 15.6 Å². The molecular formula is C67H130O17P2. The Morgan fingerprint density at radius 3 is 0.826 bits per heavy atom. The number of rotatable bonds is 64. The van der Waals surface area contributed by atoms with E-state index in [1.165, 1.54) is 116 Å². The van der Waals surface area contributed by atoms with Gasteiger partial charge in [0.25, 0.3) is 0 Å². The second-order valence-electron chi connectivity index (χ2n) is 25.9. The molecule has 0 aliphatic carbocycles. The average molecular weight is 1270 g/mol. The maximum Gasteiger partial charge on any atom is 0.472 e. The summed E-state index contributed by atoms with van der Waals surface area (Å²) in [5, 5.41) is 10.5. The summed E-state index contributed by atoms with van der Waals surface area (Å²) in [6, 6.07) is 0. The zero-order chi connectivity index (χ0) is 63.9. The highest BCUT2D eigenvalue weighted by Gasteiger charge is 2.30. The SMILES string of the molecule is CCC(C)CCCCCCCCCCCCCCCCC(=O)O[C@H](COC(=O)CCCCCCCCCC(C)C)COP(=O)(O)OC[C@@H](O)COP(=O)(O)OC[C@@H](COC(=O)CCCCCCCCC(C)C)OC(=O)CCCCCCCCC(C)C. The predicted molar refractivity (Wildman–Crippen MR) is 344 cm³/mol. The van der Waals surface area contributed by atoms with Gasteiger partial charge in [-0.15, -0.1) is 0 Å². The Morgan fingerprint density at radius 2 is 0.558 bits per heavy atom. The molecule has 510 valence electrons. The number of ether oxygens (including phenoxy) is 4. The van der Waals surface area contributed by atoms with Crippen molar-refractivity contribution in [1.29, 1.82) is 0 Å². The van der Waals surface area contributed by atoms with Crippen molar-refractivity contribution in [2.75, 3.05) is 39.6 Å². The summed E-state index contributed by atoms with van der Waals surface area (Å²) in [5.41, 5.74) is 0. The lowest BCUT2D eigenvalue weighted by Gasteiger charge is -2.21. The number of aliphatic hydroxyl groups is 1. The van der Waals surface area contributed by atoms with Crippen LogP contribution in [0, 0.1) is 23.7 Å². The standard InChI is InChI=1S/C67H130O17P2/c1-9-60(8)46-38-30-20-16-14-12-10-11-13-15-17-21-33-41-49-66(71)83-62(53-77-64(69)47-39-31-22-18-19-27-35-43-57(2)3)55-81-85(73,74)79-51-61(68)52-80-86(75,76)82-56-63(84-67(72)50-42-34-26-24-29-37-45-59(6)7)54-78-65(70)48-40-32-25-23-28-36-44-58(4)5/h57-63,68H,9-56H2,1-8H3,(H,73,74)(H,75,76)/t60?,61-,62-,63-/m1/s1. The minimum atomic E-state index is -4.95. The Labute approximate surface area is 524 Å². The molecule has 0 aromatic rings. The first-order chi connectivity index (χ1) is 41.1. The number of aliphatic hydroxyl groups excluding tert-OH is 1. The zero-order valence-electron chi connectivity index (χ0n) is 55.9. The average Bonchev–Trinajstić information content (AvgIpc) is 3.68. The lowest BCUT2D eigenvalue weighted by molar-refractivity contribution is -0.161. The molecule has 0 saturated carbocycles. The number of unbranched alkanes of at least 4 members (excludes halogenated alkanes) is 29. The van der Waals surface area contributed by atoms with E-state index in [1.54, 1.807) is 0 Å². The number of phosphoric acid groups is 2. The Morgan fingerprint density at radius 1 is 0.326 bits per heavy atom. The Bertz CT molecular complexity index is 1720. The summed E-state index contributed by atoms with van der Waals surface area (Å²) in [7, 11) is -9.89. The summed E-state index contributed by atoms with van der Waals surface area (Å²) in [4.78, 5) is 72.3. The molecule has 3 N–H and O–H groups in total. The third kappa shape index (κ3) is 59.7. The smallest absolute Gasteiger partial charge is 0.462 e. The predicted octanol–water partition coefficient (Wildman–Crippen LogP) is 18.5. The van der Waals surface area contributed by atoms with E-state index in [2.05, 4.69) is 55.4 Å². The van der Waals surface area contributed by atoms with Crippen molar-refractivity contribution in [2.45, 2.75) is 343 Å². The Kier molecular flexibility index (Phi) is 55.7. The molecule has 0 bridgehead atoms. The largest absolute Gasteiger partial charge is 0.472 e. The van der Waals surface area contributed by atoms with E-state index < -0.39 is 97.5 Å². The fraction of sp³-hybridized carbons (Fsp3) is 0.940. The Balaban J connectivity index is 5.19. The summed E-state index contributed by atoms with van der Waals surface area (Å²) in [5.74, 6) is 0.759. The van der Waals surface area contributed by atoms with Crippen LogP contribution in [0.5, 0.6) is 0 Å². The Hall–Kier alpha value is -1.94. The van der Waals surface area contributed by atoms with Crippen LogP contribution in [0.1, 0.15) is 325 Å². The number of hydrogen-bond donors (Lipinski definition) is 3. The highest BCUT2D eigenvalue weighted by Crippen LogP contribution is 2.45. The summed E-state index contributed by atoms with van der Waals surface area (Å²) in [6.07, 6.45) is 38.0. The fourth-order valence-electron chi connectivity index (χ4n) is 9.93. The molecule has 0 rings (SSSR count). The van der Waals surface area contributed by atoms with Crippen LogP contribution in [-0.2, 0) is 65.4 Å². The van der Waals surface area contributed by atoms with Crippen LogP contribution in [0.25, 0.3) is 0 Å². The monoisotopic (exact) mass is 1270 g/mol. The maximum absolute atomic E-state index is 13.0. The highest BCUT2D eigenvalue weighted by atomic mass is 31.2. The molecule has 0 aliphatic heterocycles. The van der Waals surface area contributed by atoms with Gasteiger partial charge in [0.05, 0.1) is 26.4 Å². The van der Waals surface area contributed by atoms with Gasteiger partial charge in [-0.1, -0.05) is 274 Å². The third-order valence-electron chi connectivity index (χ3n) is 15.7. The molecule has 86 heavy (non-hydrogen) atoms. The third-order valence-corrected chi connectivity index (χ3v) is 17.6. The van der Waals surface area contributed by atoms with Crippen molar-refractivity contribution < 1.29 is 80.2 Å². The quantitative estimate of drug-likeness (QED) is 0.0222. The van der Waals surface area contributed by atoms with Gasteiger partial charge >= 0.3 is 39.5 Å². The maximum atomic E-state index is 13.0. The zero-order valence-corrected chi connectivity index (χ0v) is 57.7. The lowest BCUT2D eigenvalue weighted by atomic mass is 9.99. The van der Waals surface area contributed by atoms with Crippen LogP contribution in [0.15, 0.2) is 0 Å². The molecular weight excluding hydrogens is 1140 g/mol. The van der Waals surface area contributed by atoms with Crippen LogP contribution in [0.3, 0.4) is 0 Å².